The molecule has 1 aromatic rings. The van der Waals surface area contributed by atoms with Gasteiger partial charge in [-0.3, -0.25) is 4.79 Å². The summed E-state index contributed by atoms with van der Waals surface area (Å²) in [4.78, 5) is 21.9. The summed E-state index contributed by atoms with van der Waals surface area (Å²) in [5, 5.41) is 11.5. The van der Waals surface area contributed by atoms with Gasteiger partial charge in [0.2, 0.25) is 5.91 Å². The van der Waals surface area contributed by atoms with E-state index in [2.05, 4.69) is 5.32 Å². The second-order valence-corrected chi connectivity index (χ2v) is 4.37. The zero-order valence-corrected chi connectivity index (χ0v) is 10.6. The normalized spacial score (nSPS) is 14.6. The number of aryl methyl sites for hydroxylation is 1. The Hall–Kier alpha value is -2.30. The summed E-state index contributed by atoms with van der Waals surface area (Å²) >= 11 is 0. The maximum absolute atomic E-state index is 11.3. The van der Waals surface area contributed by atoms with Crippen LogP contribution >= 0.6 is 0 Å². The average molecular weight is 261 g/mol. The summed E-state index contributed by atoms with van der Waals surface area (Å²) in [5.41, 5.74) is 2.10. The topological polar surface area (TPSA) is 75.6 Å². The van der Waals surface area contributed by atoms with Gasteiger partial charge < -0.3 is 15.2 Å². The Morgan fingerprint density at radius 1 is 1.47 bits per heavy atom. The quantitative estimate of drug-likeness (QED) is 0.813. The van der Waals surface area contributed by atoms with Gasteiger partial charge in [-0.25, -0.2) is 4.79 Å². The molecule has 0 spiro atoms. The molecule has 0 radical (unpaired) electrons. The van der Waals surface area contributed by atoms with Crippen molar-refractivity contribution < 1.29 is 19.4 Å². The number of ether oxygens (including phenoxy) is 1. The van der Waals surface area contributed by atoms with Gasteiger partial charge >= 0.3 is 5.97 Å². The summed E-state index contributed by atoms with van der Waals surface area (Å²) in [6, 6.07) is 5.49. The standard InChI is InChI=1S/C14H15NO4/c1-9(14(17)18)6-7-19-11-4-2-10-3-5-13(16)15-12(10)8-11/h2,4,6,8H,3,5,7H2,1H3,(H,15,16)(H,17,18)/b9-6-. The monoisotopic (exact) mass is 261 g/mol. The molecule has 2 rings (SSSR count). The summed E-state index contributed by atoms with van der Waals surface area (Å²) < 4.78 is 5.44. The molecular formula is C14H15NO4. The second-order valence-electron chi connectivity index (χ2n) is 4.37. The van der Waals surface area contributed by atoms with Crippen LogP contribution in [0.5, 0.6) is 5.75 Å². The van der Waals surface area contributed by atoms with Crippen LogP contribution in [0.15, 0.2) is 29.8 Å². The molecule has 0 fully saturated rings. The minimum Gasteiger partial charge on any atom is -0.489 e. The van der Waals surface area contributed by atoms with Gasteiger partial charge in [0.25, 0.3) is 0 Å². The molecule has 1 aromatic carbocycles. The molecular weight excluding hydrogens is 246 g/mol. The lowest BCUT2D eigenvalue weighted by Crippen LogP contribution is -2.18. The number of amides is 1. The fraction of sp³-hybridized carbons (Fsp3) is 0.286. The van der Waals surface area contributed by atoms with Gasteiger partial charge in [0.15, 0.2) is 0 Å². The van der Waals surface area contributed by atoms with E-state index in [1.165, 1.54) is 13.0 Å². The molecule has 19 heavy (non-hydrogen) atoms. The number of aliphatic carboxylic acids is 1. The van der Waals surface area contributed by atoms with Crippen LogP contribution in [-0.2, 0) is 16.0 Å². The van der Waals surface area contributed by atoms with Crippen LogP contribution in [0.1, 0.15) is 18.9 Å². The van der Waals surface area contributed by atoms with Crippen molar-refractivity contribution in [1.82, 2.24) is 0 Å². The smallest absolute Gasteiger partial charge is 0.331 e. The third-order valence-corrected chi connectivity index (χ3v) is 2.95. The molecule has 5 heteroatoms. The molecule has 0 saturated heterocycles. The summed E-state index contributed by atoms with van der Waals surface area (Å²) in [6.07, 6.45) is 2.74. The molecule has 2 N–H and O–H groups in total. The van der Waals surface area contributed by atoms with Crippen LogP contribution in [0.25, 0.3) is 0 Å². The minimum atomic E-state index is -0.957. The van der Waals surface area contributed by atoms with Crippen LogP contribution < -0.4 is 10.1 Å². The van der Waals surface area contributed by atoms with Crippen molar-refractivity contribution in [2.24, 2.45) is 0 Å². The van der Waals surface area contributed by atoms with Gasteiger partial charge in [-0.05, 0) is 31.1 Å². The number of rotatable bonds is 4. The maximum atomic E-state index is 11.3. The lowest BCUT2D eigenvalue weighted by Gasteiger charge is -2.17. The molecule has 0 aromatic heterocycles. The highest BCUT2D eigenvalue weighted by Crippen LogP contribution is 2.27. The summed E-state index contributed by atoms with van der Waals surface area (Å²) in [6.45, 7) is 1.70. The predicted molar refractivity (Wildman–Crippen MR) is 70.3 cm³/mol. The van der Waals surface area contributed by atoms with Crippen LogP contribution in [0.3, 0.4) is 0 Å². The highest BCUT2D eigenvalue weighted by molar-refractivity contribution is 5.94. The lowest BCUT2D eigenvalue weighted by molar-refractivity contribution is -0.132. The van der Waals surface area contributed by atoms with E-state index in [1.54, 1.807) is 6.07 Å². The van der Waals surface area contributed by atoms with E-state index < -0.39 is 5.97 Å². The van der Waals surface area contributed by atoms with E-state index >= 15 is 0 Å². The number of hydrogen-bond acceptors (Lipinski definition) is 3. The third-order valence-electron chi connectivity index (χ3n) is 2.95. The van der Waals surface area contributed by atoms with Crippen molar-refractivity contribution >= 4 is 17.6 Å². The highest BCUT2D eigenvalue weighted by atomic mass is 16.5. The van der Waals surface area contributed by atoms with Gasteiger partial charge in [0.1, 0.15) is 12.4 Å². The predicted octanol–water partition coefficient (Wildman–Crippen LogP) is 1.98. The van der Waals surface area contributed by atoms with Crippen LogP contribution in [0.4, 0.5) is 5.69 Å². The number of carbonyl (C=O) groups excluding carboxylic acids is 1. The molecule has 0 atom stereocenters. The first-order valence-corrected chi connectivity index (χ1v) is 6.02. The summed E-state index contributed by atoms with van der Waals surface area (Å²) in [5.74, 6) is -0.344. The molecule has 1 heterocycles. The van der Waals surface area contributed by atoms with E-state index in [-0.39, 0.29) is 18.1 Å². The van der Waals surface area contributed by atoms with Crippen molar-refractivity contribution in [3.05, 3.63) is 35.4 Å². The van der Waals surface area contributed by atoms with Gasteiger partial charge in [0.05, 0.1) is 0 Å². The van der Waals surface area contributed by atoms with Gasteiger partial charge in [-0.15, -0.1) is 0 Å². The average Bonchev–Trinajstić information content (AvgIpc) is 2.38. The number of carboxylic acid groups (broad SMARTS) is 1. The zero-order valence-electron chi connectivity index (χ0n) is 10.6. The molecule has 0 bridgehead atoms. The Kier molecular flexibility index (Phi) is 3.85. The van der Waals surface area contributed by atoms with Crippen LogP contribution in [0, 0.1) is 0 Å². The first kappa shape index (κ1) is 13.1. The Balaban J connectivity index is 2.02. The number of anilines is 1. The summed E-state index contributed by atoms with van der Waals surface area (Å²) in [7, 11) is 0. The van der Waals surface area contributed by atoms with Crippen LogP contribution in [-0.4, -0.2) is 23.6 Å². The third kappa shape index (κ3) is 3.34. The van der Waals surface area contributed by atoms with E-state index in [1.807, 2.05) is 12.1 Å². The highest BCUT2D eigenvalue weighted by Gasteiger charge is 2.14. The van der Waals surface area contributed by atoms with Crippen molar-refractivity contribution in [2.75, 3.05) is 11.9 Å². The van der Waals surface area contributed by atoms with Gasteiger partial charge in [-0.2, -0.15) is 0 Å². The maximum Gasteiger partial charge on any atom is 0.331 e. The molecule has 0 unspecified atom stereocenters. The fourth-order valence-corrected chi connectivity index (χ4v) is 1.79. The SMILES string of the molecule is C/C(=C/COc1ccc2c(c1)NC(=O)CC2)C(=O)O. The molecule has 1 aliphatic heterocycles. The molecule has 1 amide bonds. The minimum absolute atomic E-state index is 0.00580. The Labute approximate surface area is 110 Å². The van der Waals surface area contributed by atoms with E-state index in [0.29, 0.717) is 12.2 Å². The number of benzene rings is 1. The number of hydrogen-bond donors (Lipinski definition) is 2. The van der Waals surface area contributed by atoms with E-state index in [0.717, 1.165) is 17.7 Å². The van der Waals surface area contributed by atoms with Crippen molar-refractivity contribution in [1.29, 1.82) is 0 Å². The molecule has 1 aliphatic rings. The van der Waals surface area contributed by atoms with Crippen molar-refractivity contribution in [3.8, 4) is 5.75 Å². The Morgan fingerprint density at radius 3 is 3.00 bits per heavy atom. The number of nitrogens with one attached hydrogen (secondary N) is 1. The largest absolute Gasteiger partial charge is 0.489 e. The van der Waals surface area contributed by atoms with E-state index in [9.17, 15) is 9.59 Å². The van der Waals surface area contributed by atoms with Gasteiger partial charge in [0, 0.05) is 23.7 Å². The molecule has 0 saturated carbocycles. The lowest BCUT2D eigenvalue weighted by atomic mass is 10.0. The van der Waals surface area contributed by atoms with Crippen molar-refractivity contribution in [2.45, 2.75) is 19.8 Å². The first-order valence-electron chi connectivity index (χ1n) is 6.02. The number of carbonyl (C=O) groups is 2. The van der Waals surface area contributed by atoms with E-state index in [4.69, 9.17) is 9.84 Å². The fourth-order valence-electron chi connectivity index (χ4n) is 1.79. The second kappa shape index (κ2) is 5.56. The van der Waals surface area contributed by atoms with Crippen molar-refractivity contribution in [3.63, 3.8) is 0 Å². The van der Waals surface area contributed by atoms with Crippen LogP contribution in [0.2, 0.25) is 0 Å². The molecule has 0 aliphatic carbocycles. The van der Waals surface area contributed by atoms with Gasteiger partial charge in [-0.1, -0.05) is 6.07 Å². The number of carboxylic acids is 1. The Morgan fingerprint density at radius 2 is 2.26 bits per heavy atom. The molecule has 100 valence electrons. The first-order chi connectivity index (χ1) is 9.06. The Bertz CT molecular complexity index is 548. The number of fused-ring (bicyclic) bond motifs is 1. The zero-order chi connectivity index (χ0) is 13.8. The molecule has 5 nitrogen and oxygen atoms in total.